The molecule has 0 unspecified atom stereocenters. The van der Waals surface area contributed by atoms with Crippen molar-refractivity contribution in [1.29, 1.82) is 0 Å². The van der Waals surface area contributed by atoms with Crippen molar-refractivity contribution in [3.8, 4) is 17.2 Å². The first-order valence-corrected chi connectivity index (χ1v) is 7.69. The zero-order chi connectivity index (χ0) is 18.0. The third-order valence-corrected chi connectivity index (χ3v) is 4.29. The largest absolute Gasteiger partial charge is 0.493 e. The molecular formula is C19H18O6. The summed E-state index contributed by atoms with van der Waals surface area (Å²) in [7, 11) is 4.40. The molecule has 2 atom stereocenters. The molecule has 2 aromatic carbocycles. The maximum absolute atomic E-state index is 12.4. The average molecular weight is 342 g/mol. The summed E-state index contributed by atoms with van der Waals surface area (Å²) in [6.07, 6.45) is 0.0955. The third-order valence-electron chi connectivity index (χ3n) is 4.29. The molecule has 0 N–H and O–H groups in total. The van der Waals surface area contributed by atoms with E-state index in [9.17, 15) is 9.59 Å². The van der Waals surface area contributed by atoms with Crippen LogP contribution in [0.1, 0.15) is 33.5 Å². The lowest BCUT2D eigenvalue weighted by Gasteiger charge is -2.19. The molecule has 130 valence electrons. The van der Waals surface area contributed by atoms with E-state index in [1.54, 1.807) is 43.5 Å². The highest BCUT2D eigenvalue weighted by atomic mass is 16.5. The summed E-state index contributed by atoms with van der Waals surface area (Å²) in [5, 5.41) is 0. The SMILES string of the molecule is COC(=O)[C@@H]1c2c(C=O)cccc2O[C@@H]1c1ccc(OC)c(OC)c1. The highest BCUT2D eigenvalue weighted by Gasteiger charge is 2.43. The van der Waals surface area contributed by atoms with Gasteiger partial charge in [-0.05, 0) is 23.8 Å². The Morgan fingerprint density at radius 3 is 2.48 bits per heavy atom. The van der Waals surface area contributed by atoms with Crippen molar-refractivity contribution in [2.24, 2.45) is 0 Å². The van der Waals surface area contributed by atoms with E-state index in [-0.39, 0.29) is 0 Å². The third kappa shape index (κ3) is 2.80. The molecule has 0 saturated heterocycles. The fraction of sp³-hybridized carbons (Fsp3) is 0.263. The summed E-state index contributed by atoms with van der Waals surface area (Å²) >= 11 is 0. The summed E-state index contributed by atoms with van der Waals surface area (Å²) in [5.41, 5.74) is 1.68. The standard InChI is InChI=1S/C19H18O6/c1-22-13-8-7-11(9-15(13)23-2)18-17(19(21)24-3)16-12(10-20)5-4-6-14(16)25-18/h4-10,17-18H,1-3H3/t17-,18-/m1/s1. The molecule has 1 aliphatic rings. The lowest BCUT2D eigenvalue weighted by Crippen LogP contribution is -2.21. The number of carbonyl (C=O) groups is 2. The zero-order valence-corrected chi connectivity index (χ0v) is 14.1. The Bertz CT molecular complexity index is 814. The van der Waals surface area contributed by atoms with Gasteiger partial charge in [0.2, 0.25) is 0 Å². The van der Waals surface area contributed by atoms with Crippen LogP contribution in [0, 0.1) is 0 Å². The first-order chi connectivity index (χ1) is 12.1. The van der Waals surface area contributed by atoms with Gasteiger partial charge in [0.1, 0.15) is 24.1 Å². The lowest BCUT2D eigenvalue weighted by atomic mass is 9.88. The van der Waals surface area contributed by atoms with Gasteiger partial charge in [-0.15, -0.1) is 0 Å². The van der Waals surface area contributed by atoms with Crippen LogP contribution in [0.4, 0.5) is 0 Å². The summed E-state index contributed by atoms with van der Waals surface area (Å²) < 4.78 is 21.5. The number of hydrogen-bond donors (Lipinski definition) is 0. The van der Waals surface area contributed by atoms with Gasteiger partial charge in [0.15, 0.2) is 11.5 Å². The van der Waals surface area contributed by atoms with Gasteiger partial charge in [0.25, 0.3) is 0 Å². The van der Waals surface area contributed by atoms with Crippen LogP contribution < -0.4 is 14.2 Å². The number of esters is 1. The van der Waals surface area contributed by atoms with E-state index < -0.39 is 18.0 Å². The molecule has 0 bridgehead atoms. The molecule has 6 nitrogen and oxygen atoms in total. The number of fused-ring (bicyclic) bond motifs is 1. The van der Waals surface area contributed by atoms with E-state index in [4.69, 9.17) is 18.9 Å². The molecule has 25 heavy (non-hydrogen) atoms. The summed E-state index contributed by atoms with van der Waals surface area (Å²) in [4.78, 5) is 23.8. The van der Waals surface area contributed by atoms with Crippen molar-refractivity contribution in [2.45, 2.75) is 12.0 Å². The topological polar surface area (TPSA) is 71.1 Å². The second-order valence-corrected chi connectivity index (χ2v) is 5.53. The van der Waals surface area contributed by atoms with Crippen molar-refractivity contribution >= 4 is 12.3 Å². The van der Waals surface area contributed by atoms with Gasteiger partial charge in [-0.2, -0.15) is 0 Å². The Labute approximate surface area is 145 Å². The molecule has 6 heteroatoms. The number of hydrogen-bond acceptors (Lipinski definition) is 6. The quantitative estimate of drug-likeness (QED) is 0.615. The fourth-order valence-corrected chi connectivity index (χ4v) is 3.11. The van der Waals surface area contributed by atoms with Crippen LogP contribution in [0.15, 0.2) is 36.4 Å². The molecule has 2 aromatic rings. The van der Waals surface area contributed by atoms with Gasteiger partial charge < -0.3 is 18.9 Å². The van der Waals surface area contributed by atoms with Crippen LogP contribution in [0.25, 0.3) is 0 Å². The van der Waals surface area contributed by atoms with E-state index in [1.807, 2.05) is 0 Å². The molecule has 0 fully saturated rings. The molecule has 1 aliphatic heterocycles. The molecule has 0 saturated carbocycles. The normalized spacial score (nSPS) is 18.0. The number of methoxy groups -OCH3 is 3. The fourth-order valence-electron chi connectivity index (χ4n) is 3.11. The van der Waals surface area contributed by atoms with Crippen LogP contribution in [-0.2, 0) is 9.53 Å². The molecular weight excluding hydrogens is 324 g/mol. The van der Waals surface area contributed by atoms with E-state index >= 15 is 0 Å². The maximum Gasteiger partial charge on any atom is 0.317 e. The predicted molar refractivity (Wildman–Crippen MR) is 89.5 cm³/mol. The Hall–Kier alpha value is -3.02. The van der Waals surface area contributed by atoms with Gasteiger partial charge in [-0.25, -0.2) is 0 Å². The number of rotatable bonds is 5. The molecule has 0 radical (unpaired) electrons. The first kappa shape index (κ1) is 16.8. The van der Waals surface area contributed by atoms with Crippen molar-refractivity contribution in [2.75, 3.05) is 21.3 Å². The van der Waals surface area contributed by atoms with Crippen molar-refractivity contribution in [3.05, 3.63) is 53.1 Å². The number of carbonyl (C=O) groups excluding carboxylic acids is 2. The molecule has 0 aliphatic carbocycles. The van der Waals surface area contributed by atoms with Crippen molar-refractivity contribution in [3.63, 3.8) is 0 Å². The van der Waals surface area contributed by atoms with E-state index in [0.29, 0.717) is 28.4 Å². The summed E-state index contributed by atoms with van der Waals surface area (Å²) in [5.74, 6) is 0.399. The molecule has 0 aromatic heterocycles. The first-order valence-electron chi connectivity index (χ1n) is 7.69. The minimum Gasteiger partial charge on any atom is -0.493 e. The van der Waals surface area contributed by atoms with Gasteiger partial charge in [0.05, 0.1) is 21.3 Å². The summed E-state index contributed by atoms with van der Waals surface area (Å²) in [6.45, 7) is 0. The summed E-state index contributed by atoms with van der Waals surface area (Å²) in [6, 6.07) is 10.4. The van der Waals surface area contributed by atoms with Crippen molar-refractivity contribution < 1.29 is 28.5 Å². The van der Waals surface area contributed by atoms with Crippen LogP contribution in [0.3, 0.4) is 0 Å². The van der Waals surface area contributed by atoms with Gasteiger partial charge in [-0.1, -0.05) is 18.2 Å². The van der Waals surface area contributed by atoms with Crippen LogP contribution in [0.5, 0.6) is 17.2 Å². The number of aldehydes is 1. The second-order valence-electron chi connectivity index (χ2n) is 5.53. The van der Waals surface area contributed by atoms with Gasteiger partial charge in [-0.3, -0.25) is 9.59 Å². The molecule has 1 heterocycles. The molecule has 0 spiro atoms. The van der Waals surface area contributed by atoms with Crippen LogP contribution in [-0.4, -0.2) is 33.6 Å². The Balaban J connectivity index is 2.10. The van der Waals surface area contributed by atoms with Crippen LogP contribution in [0.2, 0.25) is 0 Å². The highest BCUT2D eigenvalue weighted by molar-refractivity contribution is 5.88. The monoisotopic (exact) mass is 342 g/mol. The zero-order valence-electron chi connectivity index (χ0n) is 14.1. The smallest absolute Gasteiger partial charge is 0.317 e. The Morgan fingerprint density at radius 1 is 1.08 bits per heavy atom. The van der Waals surface area contributed by atoms with Crippen LogP contribution >= 0.6 is 0 Å². The average Bonchev–Trinajstić information content (AvgIpc) is 3.06. The Morgan fingerprint density at radius 2 is 1.84 bits per heavy atom. The van der Waals surface area contributed by atoms with E-state index in [2.05, 4.69) is 0 Å². The number of benzene rings is 2. The van der Waals surface area contributed by atoms with Crippen molar-refractivity contribution in [1.82, 2.24) is 0 Å². The lowest BCUT2D eigenvalue weighted by molar-refractivity contribution is -0.144. The van der Waals surface area contributed by atoms with Gasteiger partial charge >= 0.3 is 5.97 Å². The molecule has 0 amide bonds. The predicted octanol–water partition coefficient (Wildman–Crippen LogP) is 2.91. The minimum absolute atomic E-state index is 0.413. The van der Waals surface area contributed by atoms with E-state index in [0.717, 1.165) is 11.8 Å². The minimum atomic E-state index is -0.737. The molecule has 3 rings (SSSR count). The second kappa shape index (κ2) is 6.84. The number of ether oxygens (including phenoxy) is 4. The highest BCUT2D eigenvalue weighted by Crippen LogP contribution is 2.48. The Kier molecular flexibility index (Phi) is 4.61. The van der Waals surface area contributed by atoms with Gasteiger partial charge in [0, 0.05) is 11.1 Å². The maximum atomic E-state index is 12.4. The van der Waals surface area contributed by atoms with E-state index in [1.165, 1.54) is 14.2 Å².